The second-order valence-electron chi connectivity index (χ2n) is 3.93. The fraction of sp³-hybridized carbons (Fsp3) is 0.100. The minimum Gasteiger partial charge on any atom is -0.236 e. The Labute approximate surface area is 126 Å². The number of primary sulfonamides is 1. The lowest BCUT2D eigenvalue weighted by Crippen LogP contribution is -2.13. The standard InChI is InChI=1S/C10H5ClF3N5O2S/c11-9-6(3-15)8(10(12,13)14)18-19(9)7-2-1-5(4-17-7)22(16,20)21/h1-2,4H,(H2,16,20,21). The number of nitrogens with zero attached hydrogens (tertiary/aromatic N) is 4. The summed E-state index contributed by atoms with van der Waals surface area (Å²) in [5.74, 6) is -0.204. The summed E-state index contributed by atoms with van der Waals surface area (Å²) in [6.45, 7) is 0. The number of hydrogen-bond donors (Lipinski definition) is 1. The maximum Gasteiger partial charge on any atom is 0.436 e. The highest BCUT2D eigenvalue weighted by atomic mass is 35.5. The van der Waals surface area contributed by atoms with Crippen molar-refractivity contribution in [1.82, 2.24) is 14.8 Å². The number of nitriles is 1. The molecule has 12 heteroatoms. The largest absolute Gasteiger partial charge is 0.436 e. The van der Waals surface area contributed by atoms with Crippen molar-refractivity contribution in [3.05, 3.63) is 34.7 Å². The summed E-state index contributed by atoms with van der Waals surface area (Å²) < 4.78 is 61.0. The van der Waals surface area contributed by atoms with Crippen molar-refractivity contribution < 1.29 is 21.6 Å². The van der Waals surface area contributed by atoms with E-state index < -0.39 is 32.6 Å². The Hall–Kier alpha value is -2.16. The molecule has 2 N–H and O–H groups in total. The molecule has 0 bridgehead atoms. The smallest absolute Gasteiger partial charge is 0.236 e. The van der Waals surface area contributed by atoms with Crippen molar-refractivity contribution in [2.24, 2.45) is 5.14 Å². The molecule has 0 fully saturated rings. The number of nitrogens with two attached hydrogens (primary N) is 1. The molecule has 0 saturated heterocycles. The van der Waals surface area contributed by atoms with Gasteiger partial charge in [-0.25, -0.2) is 23.2 Å². The first-order chi connectivity index (χ1) is 10.1. The molecule has 2 aromatic heterocycles. The van der Waals surface area contributed by atoms with E-state index in [9.17, 15) is 21.6 Å². The summed E-state index contributed by atoms with van der Waals surface area (Å²) in [7, 11) is -4.00. The average molecular weight is 352 g/mol. The normalized spacial score (nSPS) is 12.2. The van der Waals surface area contributed by atoms with Crippen LogP contribution in [0.2, 0.25) is 5.15 Å². The Morgan fingerprint density at radius 3 is 2.36 bits per heavy atom. The second-order valence-corrected chi connectivity index (χ2v) is 5.85. The monoisotopic (exact) mass is 351 g/mol. The Kier molecular flexibility index (Phi) is 3.86. The lowest BCUT2D eigenvalue weighted by Gasteiger charge is -2.03. The predicted molar refractivity (Wildman–Crippen MR) is 67.5 cm³/mol. The number of pyridine rings is 1. The number of aromatic nitrogens is 3. The van der Waals surface area contributed by atoms with Crippen LogP contribution in [-0.4, -0.2) is 23.2 Å². The van der Waals surface area contributed by atoms with Gasteiger partial charge in [-0.15, -0.1) is 0 Å². The van der Waals surface area contributed by atoms with Crippen LogP contribution < -0.4 is 5.14 Å². The Morgan fingerprint density at radius 1 is 1.36 bits per heavy atom. The fourth-order valence-corrected chi connectivity index (χ4v) is 2.23. The molecule has 0 amide bonds. The fourth-order valence-electron chi connectivity index (χ4n) is 1.51. The van der Waals surface area contributed by atoms with Crippen LogP contribution in [0.5, 0.6) is 0 Å². The third kappa shape index (κ3) is 2.89. The molecule has 2 heterocycles. The van der Waals surface area contributed by atoms with Gasteiger partial charge >= 0.3 is 6.18 Å². The van der Waals surface area contributed by atoms with Gasteiger partial charge < -0.3 is 0 Å². The predicted octanol–water partition coefficient (Wildman–Crippen LogP) is 1.46. The van der Waals surface area contributed by atoms with Crippen molar-refractivity contribution in [2.45, 2.75) is 11.1 Å². The van der Waals surface area contributed by atoms with Crippen LogP contribution in [0.1, 0.15) is 11.3 Å². The molecule has 2 rings (SSSR count). The van der Waals surface area contributed by atoms with E-state index in [1.54, 1.807) is 0 Å². The molecule has 0 saturated carbocycles. The van der Waals surface area contributed by atoms with Crippen molar-refractivity contribution >= 4 is 21.6 Å². The summed E-state index contributed by atoms with van der Waals surface area (Å²) >= 11 is 5.69. The number of halogens is 4. The molecule has 0 spiro atoms. The van der Waals surface area contributed by atoms with Gasteiger partial charge in [-0.1, -0.05) is 11.6 Å². The van der Waals surface area contributed by atoms with Gasteiger partial charge in [0.15, 0.2) is 16.7 Å². The summed E-state index contributed by atoms with van der Waals surface area (Å²) in [6, 6.07) is 3.40. The Bertz CT molecular complexity index is 868. The minimum absolute atomic E-state index is 0.204. The second kappa shape index (κ2) is 5.24. The topological polar surface area (TPSA) is 115 Å². The first kappa shape index (κ1) is 16.2. The van der Waals surface area contributed by atoms with Gasteiger partial charge in [0.25, 0.3) is 0 Å². The highest BCUT2D eigenvalue weighted by Crippen LogP contribution is 2.34. The molecule has 0 aliphatic rings. The summed E-state index contributed by atoms with van der Waals surface area (Å²) in [4.78, 5) is 3.29. The highest BCUT2D eigenvalue weighted by molar-refractivity contribution is 7.89. The molecule has 0 aliphatic heterocycles. The Morgan fingerprint density at radius 2 is 2.00 bits per heavy atom. The van der Waals surface area contributed by atoms with E-state index in [-0.39, 0.29) is 10.7 Å². The quantitative estimate of drug-likeness (QED) is 0.879. The van der Waals surface area contributed by atoms with Crippen LogP contribution >= 0.6 is 11.6 Å². The van der Waals surface area contributed by atoms with Gasteiger partial charge in [0.05, 0.1) is 0 Å². The molecule has 22 heavy (non-hydrogen) atoms. The van der Waals surface area contributed by atoms with E-state index in [1.165, 1.54) is 6.07 Å². The van der Waals surface area contributed by atoms with Crippen molar-refractivity contribution in [3.63, 3.8) is 0 Å². The van der Waals surface area contributed by atoms with E-state index in [2.05, 4.69) is 10.1 Å². The van der Waals surface area contributed by atoms with Gasteiger partial charge in [-0.05, 0) is 12.1 Å². The first-order valence-corrected chi connectivity index (χ1v) is 7.23. The number of rotatable bonds is 2. The van der Waals surface area contributed by atoms with Crippen LogP contribution in [0.3, 0.4) is 0 Å². The molecular weight excluding hydrogens is 347 g/mol. The molecule has 2 aromatic rings. The third-order valence-electron chi connectivity index (χ3n) is 2.48. The van der Waals surface area contributed by atoms with Gasteiger partial charge in [0.2, 0.25) is 10.0 Å². The van der Waals surface area contributed by atoms with E-state index in [1.807, 2.05) is 0 Å². The maximum absolute atomic E-state index is 12.8. The molecule has 0 aromatic carbocycles. The summed E-state index contributed by atoms with van der Waals surface area (Å²) in [6.07, 6.45) is -4.04. The third-order valence-corrected chi connectivity index (χ3v) is 3.72. The molecule has 7 nitrogen and oxygen atoms in total. The van der Waals surface area contributed by atoms with Gasteiger partial charge in [-0.3, -0.25) is 0 Å². The number of sulfonamides is 1. The van der Waals surface area contributed by atoms with E-state index in [0.717, 1.165) is 18.3 Å². The maximum atomic E-state index is 12.8. The first-order valence-electron chi connectivity index (χ1n) is 5.30. The van der Waals surface area contributed by atoms with Crippen LogP contribution in [-0.2, 0) is 16.2 Å². The minimum atomic E-state index is -4.87. The zero-order chi connectivity index (χ0) is 16.7. The van der Waals surface area contributed by atoms with Crippen molar-refractivity contribution in [2.75, 3.05) is 0 Å². The molecular formula is C10H5ClF3N5O2S. The van der Waals surface area contributed by atoms with Crippen LogP contribution in [0.25, 0.3) is 5.82 Å². The molecule has 0 aliphatic carbocycles. The van der Waals surface area contributed by atoms with Crippen LogP contribution in [0.15, 0.2) is 23.2 Å². The highest BCUT2D eigenvalue weighted by Gasteiger charge is 2.39. The van der Waals surface area contributed by atoms with Crippen molar-refractivity contribution in [3.8, 4) is 11.9 Å². The number of alkyl halides is 3. The molecule has 0 atom stereocenters. The van der Waals surface area contributed by atoms with Gasteiger partial charge in [0.1, 0.15) is 16.5 Å². The van der Waals surface area contributed by atoms with E-state index in [0.29, 0.717) is 4.68 Å². The van der Waals surface area contributed by atoms with Crippen LogP contribution in [0, 0.1) is 11.3 Å². The summed E-state index contributed by atoms with van der Waals surface area (Å²) in [5.41, 5.74) is -2.32. The Balaban J connectivity index is 2.60. The lowest BCUT2D eigenvalue weighted by molar-refractivity contribution is -0.141. The SMILES string of the molecule is N#Cc1c(C(F)(F)F)nn(-c2ccc(S(N)(=O)=O)cn2)c1Cl. The lowest BCUT2D eigenvalue weighted by atomic mass is 10.2. The van der Waals surface area contributed by atoms with Gasteiger partial charge in [-0.2, -0.15) is 23.5 Å². The zero-order valence-electron chi connectivity index (χ0n) is 10.3. The summed E-state index contributed by atoms with van der Waals surface area (Å²) in [5, 5.41) is 16.3. The average Bonchev–Trinajstić information content (AvgIpc) is 2.74. The molecule has 0 unspecified atom stereocenters. The zero-order valence-corrected chi connectivity index (χ0v) is 11.9. The number of hydrogen-bond acceptors (Lipinski definition) is 5. The van der Waals surface area contributed by atoms with E-state index >= 15 is 0 Å². The van der Waals surface area contributed by atoms with Crippen molar-refractivity contribution in [1.29, 1.82) is 5.26 Å². The van der Waals surface area contributed by atoms with Crippen LogP contribution in [0.4, 0.5) is 13.2 Å². The van der Waals surface area contributed by atoms with E-state index in [4.69, 9.17) is 22.0 Å². The molecule has 0 radical (unpaired) electrons. The molecule has 116 valence electrons. The van der Waals surface area contributed by atoms with Gasteiger partial charge in [0, 0.05) is 6.20 Å².